The third kappa shape index (κ3) is 5.04. The molecule has 0 aromatic heterocycles. The van der Waals surface area contributed by atoms with Crippen LogP contribution >= 0.6 is 0 Å². The van der Waals surface area contributed by atoms with E-state index in [0.717, 1.165) is 0 Å². The molecular formula is C14H14N2O3. The smallest absolute Gasteiger partial charge is 0.276 e. The van der Waals surface area contributed by atoms with Crippen LogP contribution in [0.1, 0.15) is 18.9 Å². The van der Waals surface area contributed by atoms with Crippen molar-refractivity contribution in [3.63, 3.8) is 0 Å². The summed E-state index contributed by atoms with van der Waals surface area (Å²) in [7, 11) is 0. The number of carbonyl (C=O) groups is 1. The molecule has 0 heterocycles. The fourth-order valence-electron chi connectivity index (χ4n) is 1.39. The molecule has 5 heteroatoms. The van der Waals surface area contributed by atoms with Crippen molar-refractivity contribution in [1.29, 1.82) is 0 Å². The Labute approximate surface area is 111 Å². The van der Waals surface area contributed by atoms with E-state index in [1.54, 1.807) is 25.1 Å². The van der Waals surface area contributed by atoms with Crippen LogP contribution in [0.15, 0.2) is 30.3 Å². The quantitative estimate of drug-likeness (QED) is 0.289. The van der Waals surface area contributed by atoms with Gasteiger partial charge in [0.1, 0.15) is 0 Å². The first-order valence-corrected chi connectivity index (χ1v) is 5.74. The van der Waals surface area contributed by atoms with Crippen molar-refractivity contribution in [3.8, 4) is 11.8 Å². The van der Waals surface area contributed by atoms with Crippen LogP contribution in [0.25, 0.3) is 6.08 Å². The lowest BCUT2D eigenvalue weighted by Gasteiger charge is -1.98. The molecule has 0 bridgehead atoms. The molecule has 0 aliphatic heterocycles. The van der Waals surface area contributed by atoms with Gasteiger partial charge in [-0.25, -0.2) is 0 Å². The number of carbonyl (C=O) groups excluding carboxylic acids is 1. The number of hydrogen-bond acceptors (Lipinski definition) is 3. The molecule has 0 fully saturated rings. The molecule has 0 aliphatic carbocycles. The lowest BCUT2D eigenvalue weighted by atomic mass is 10.1. The first kappa shape index (κ1) is 14.5. The molecule has 0 radical (unpaired) electrons. The Hall–Kier alpha value is -2.61. The van der Waals surface area contributed by atoms with Crippen molar-refractivity contribution in [3.05, 3.63) is 46.0 Å². The minimum atomic E-state index is -0.478. The molecule has 98 valence electrons. The standard InChI is InChI=1S/C14H14N2O3/c1-2-3-6-11-15-14(17)10-9-12-7-4-5-8-13(12)16(18)19/h4-5,7-10H,6,11H2,1H3,(H,15,17)/b10-9+. The highest BCUT2D eigenvalue weighted by Gasteiger charge is 2.09. The zero-order valence-corrected chi connectivity index (χ0v) is 10.6. The van der Waals surface area contributed by atoms with Gasteiger partial charge >= 0.3 is 0 Å². The number of nitro groups is 1. The molecule has 1 aromatic carbocycles. The maximum absolute atomic E-state index is 11.4. The summed E-state index contributed by atoms with van der Waals surface area (Å²) in [5.41, 5.74) is 0.374. The summed E-state index contributed by atoms with van der Waals surface area (Å²) in [6.07, 6.45) is 3.29. The van der Waals surface area contributed by atoms with Crippen LogP contribution in [-0.2, 0) is 4.79 Å². The van der Waals surface area contributed by atoms with Gasteiger partial charge < -0.3 is 5.32 Å². The number of nitrogens with zero attached hydrogens (tertiary/aromatic N) is 1. The van der Waals surface area contributed by atoms with E-state index in [0.29, 0.717) is 18.5 Å². The van der Waals surface area contributed by atoms with Gasteiger partial charge in [0, 0.05) is 25.1 Å². The Morgan fingerprint density at radius 2 is 2.21 bits per heavy atom. The zero-order chi connectivity index (χ0) is 14.1. The van der Waals surface area contributed by atoms with Gasteiger partial charge in [0.25, 0.3) is 5.69 Å². The van der Waals surface area contributed by atoms with Gasteiger partial charge in [0.15, 0.2) is 0 Å². The van der Waals surface area contributed by atoms with Crippen LogP contribution in [0.4, 0.5) is 5.69 Å². The molecule has 5 nitrogen and oxygen atoms in total. The monoisotopic (exact) mass is 258 g/mol. The minimum Gasteiger partial charge on any atom is -0.352 e. The second-order valence-electron chi connectivity index (χ2n) is 3.62. The fourth-order valence-corrected chi connectivity index (χ4v) is 1.39. The van der Waals surface area contributed by atoms with Gasteiger partial charge in [-0.3, -0.25) is 14.9 Å². The van der Waals surface area contributed by atoms with E-state index >= 15 is 0 Å². The summed E-state index contributed by atoms with van der Waals surface area (Å²) in [5.74, 6) is 5.25. The average molecular weight is 258 g/mol. The number of nitrogens with one attached hydrogen (secondary N) is 1. The third-order valence-corrected chi connectivity index (χ3v) is 2.27. The van der Waals surface area contributed by atoms with Gasteiger partial charge in [0.2, 0.25) is 5.91 Å². The van der Waals surface area contributed by atoms with Crippen LogP contribution in [0.2, 0.25) is 0 Å². The van der Waals surface area contributed by atoms with Crippen molar-refractivity contribution >= 4 is 17.7 Å². The number of amides is 1. The number of para-hydroxylation sites is 1. The Balaban J connectivity index is 2.63. The van der Waals surface area contributed by atoms with E-state index < -0.39 is 4.92 Å². The van der Waals surface area contributed by atoms with Gasteiger partial charge in [0.05, 0.1) is 10.5 Å². The Morgan fingerprint density at radius 3 is 2.89 bits per heavy atom. The molecule has 1 amide bonds. The van der Waals surface area contributed by atoms with Gasteiger partial charge in [-0.05, 0) is 19.1 Å². The molecule has 0 atom stereocenters. The number of hydrogen-bond donors (Lipinski definition) is 1. The first-order valence-electron chi connectivity index (χ1n) is 5.74. The Bertz CT molecular complexity index is 553. The van der Waals surface area contributed by atoms with E-state index in [1.165, 1.54) is 18.2 Å². The molecule has 0 spiro atoms. The molecule has 0 aliphatic rings. The molecule has 0 saturated heterocycles. The Kier molecular flexibility index (Phi) is 5.83. The van der Waals surface area contributed by atoms with Crippen molar-refractivity contribution < 1.29 is 9.72 Å². The van der Waals surface area contributed by atoms with E-state index in [-0.39, 0.29) is 11.6 Å². The molecular weight excluding hydrogens is 244 g/mol. The topological polar surface area (TPSA) is 72.2 Å². The van der Waals surface area contributed by atoms with E-state index in [4.69, 9.17) is 0 Å². The summed E-state index contributed by atoms with van der Waals surface area (Å²) in [6, 6.07) is 6.25. The second kappa shape index (κ2) is 7.67. The van der Waals surface area contributed by atoms with Crippen molar-refractivity contribution in [2.75, 3.05) is 6.54 Å². The molecule has 1 aromatic rings. The summed E-state index contributed by atoms with van der Waals surface area (Å²) < 4.78 is 0. The van der Waals surface area contributed by atoms with Gasteiger partial charge in [-0.15, -0.1) is 11.8 Å². The molecule has 0 unspecified atom stereocenters. The number of nitro benzene ring substituents is 1. The maximum Gasteiger partial charge on any atom is 0.276 e. The van der Waals surface area contributed by atoms with Crippen LogP contribution in [0.5, 0.6) is 0 Å². The molecule has 0 saturated carbocycles. The summed E-state index contributed by atoms with van der Waals surface area (Å²) in [6.45, 7) is 2.19. The normalized spacial score (nSPS) is 9.74. The van der Waals surface area contributed by atoms with Crippen LogP contribution < -0.4 is 5.32 Å². The fraction of sp³-hybridized carbons (Fsp3) is 0.214. The predicted octanol–water partition coefficient (Wildman–Crippen LogP) is 2.14. The van der Waals surface area contributed by atoms with Crippen molar-refractivity contribution in [2.24, 2.45) is 0 Å². The largest absolute Gasteiger partial charge is 0.352 e. The lowest BCUT2D eigenvalue weighted by molar-refractivity contribution is -0.385. The van der Waals surface area contributed by atoms with E-state index in [1.807, 2.05) is 0 Å². The maximum atomic E-state index is 11.4. The number of rotatable bonds is 5. The summed E-state index contributed by atoms with van der Waals surface area (Å²) in [4.78, 5) is 21.7. The zero-order valence-electron chi connectivity index (χ0n) is 10.6. The average Bonchev–Trinajstić information content (AvgIpc) is 2.41. The number of benzene rings is 1. The summed E-state index contributed by atoms with van der Waals surface area (Å²) in [5, 5.41) is 13.4. The van der Waals surface area contributed by atoms with Gasteiger partial charge in [-0.2, -0.15) is 0 Å². The van der Waals surface area contributed by atoms with Gasteiger partial charge in [-0.1, -0.05) is 12.1 Å². The predicted molar refractivity (Wildman–Crippen MR) is 73.2 cm³/mol. The second-order valence-corrected chi connectivity index (χ2v) is 3.62. The summed E-state index contributed by atoms with van der Waals surface area (Å²) >= 11 is 0. The Morgan fingerprint density at radius 1 is 1.47 bits per heavy atom. The van der Waals surface area contributed by atoms with Crippen LogP contribution in [0, 0.1) is 22.0 Å². The highest BCUT2D eigenvalue weighted by atomic mass is 16.6. The highest BCUT2D eigenvalue weighted by Crippen LogP contribution is 2.18. The SMILES string of the molecule is CC#CCCNC(=O)/C=C/c1ccccc1[N+](=O)[O-]. The van der Waals surface area contributed by atoms with E-state index in [9.17, 15) is 14.9 Å². The van der Waals surface area contributed by atoms with Crippen molar-refractivity contribution in [1.82, 2.24) is 5.32 Å². The van der Waals surface area contributed by atoms with Crippen LogP contribution in [-0.4, -0.2) is 17.4 Å². The lowest BCUT2D eigenvalue weighted by Crippen LogP contribution is -2.21. The highest BCUT2D eigenvalue weighted by molar-refractivity contribution is 5.92. The minimum absolute atomic E-state index is 0.0246. The molecule has 1 N–H and O–H groups in total. The van der Waals surface area contributed by atoms with Crippen LogP contribution in [0.3, 0.4) is 0 Å². The van der Waals surface area contributed by atoms with E-state index in [2.05, 4.69) is 17.2 Å². The van der Waals surface area contributed by atoms with Crippen molar-refractivity contribution in [2.45, 2.75) is 13.3 Å². The molecule has 19 heavy (non-hydrogen) atoms. The third-order valence-electron chi connectivity index (χ3n) is 2.27. The first-order chi connectivity index (χ1) is 9.15. The molecule has 1 rings (SSSR count).